The molecule has 0 aromatic heterocycles. The fourth-order valence-corrected chi connectivity index (χ4v) is 4.81. The zero-order valence-electron chi connectivity index (χ0n) is 21.4. The highest BCUT2D eigenvalue weighted by Gasteiger charge is 2.52. The second-order valence-electron chi connectivity index (χ2n) is 9.09. The van der Waals surface area contributed by atoms with Crippen LogP contribution in [0.15, 0.2) is 99.4 Å². The van der Waals surface area contributed by atoms with Crippen molar-refractivity contribution in [1.82, 2.24) is 10.9 Å². The van der Waals surface area contributed by atoms with E-state index in [-0.39, 0.29) is 18.9 Å². The number of nitrogens with one attached hydrogen (secondary N) is 2. The highest BCUT2D eigenvalue weighted by atomic mass is 79.9. The SMILES string of the molecule is C=CC[C@]1(C(=O)NNCCc2ccc(Br)cc2)N=C(c2ccc(OCCCO)cc2)O[C@H]1c1ccc(Br)cc1. The molecular weight excluding hydrogens is 626 g/mol. The number of nitrogens with zero attached hydrogens (tertiary/aromatic N) is 1. The molecule has 7 nitrogen and oxygen atoms in total. The number of aliphatic hydroxyl groups is 1. The van der Waals surface area contributed by atoms with Gasteiger partial charge in [0.15, 0.2) is 11.6 Å². The molecule has 9 heteroatoms. The van der Waals surface area contributed by atoms with E-state index in [9.17, 15) is 4.79 Å². The van der Waals surface area contributed by atoms with Crippen molar-refractivity contribution < 1.29 is 19.4 Å². The number of ether oxygens (including phenoxy) is 2. The molecule has 0 radical (unpaired) electrons. The van der Waals surface area contributed by atoms with Crippen molar-refractivity contribution in [3.63, 3.8) is 0 Å². The Balaban J connectivity index is 1.56. The molecular formula is C30H31Br2N3O4. The highest BCUT2D eigenvalue weighted by molar-refractivity contribution is 9.10. The lowest BCUT2D eigenvalue weighted by Crippen LogP contribution is -2.52. The predicted octanol–water partition coefficient (Wildman–Crippen LogP) is 5.67. The maximum Gasteiger partial charge on any atom is 0.266 e. The average molecular weight is 657 g/mol. The number of rotatable bonds is 13. The maximum absolute atomic E-state index is 13.8. The summed E-state index contributed by atoms with van der Waals surface area (Å²) < 4.78 is 14.0. The summed E-state index contributed by atoms with van der Waals surface area (Å²) in [5.41, 5.74) is 7.39. The molecule has 0 spiro atoms. The van der Waals surface area contributed by atoms with Crippen LogP contribution >= 0.6 is 31.9 Å². The normalized spacial score (nSPS) is 18.2. The van der Waals surface area contributed by atoms with E-state index in [0.29, 0.717) is 31.2 Å². The first-order valence-corrected chi connectivity index (χ1v) is 14.3. The van der Waals surface area contributed by atoms with E-state index in [0.717, 1.165) is 32.1 Å². The summed E-state index contributed by atoms with van der Waals surface area (Å²) in [6, 6.07) is 23.1. The van der Waals surface area contributed by atoms with Crippen LogP contribution in [0.3, 0.4) is 0 Å². The number of carbonyl (C=O) groups excluding carboxylic acids is 1. The molecule has 0 bridgehead atoms. The molecule has 1 aliphatic rings. The van der Waals surface area contributed by atoms with Crippen LogP contribution in [0.1, 0.15) is 35.6 Å². The summed E-state index contributed by atoms with van der Waals surface area (Å²) in [6.45, 7) is 4.97. The van der Waals surface area contributed by atoms with E-state index in [4.69, 9.17) is 19.6 Å². The monoisotopic (exact) mass is 655 g/mol. The number of amides is 1. The molecule has 39 heavy (non-hydrogen) atoms. The topological polar surface area (TPSA) is 92.2 Å². The van der Waals surface area contributed by atoms with Gasteiger partial charge in [0.25, 0.3) is 5.91 Å². The number of hydrogen-bond donors (Lipinski definition) is 3. The molecule has 3 aromatic rings. The molecule has 0 saturated carbocycles. The third-order valence-corrected chi connectivity index (χ3v) is 7.37. The third-order valence-electron chi connectivity index (χ3n) is 6.31. The lowest BCUT2D eigenvalue weighted by atomic mass is 9.84. The summed E-state index contributed by atoms with van der Waals surface area (Å²) in [6.07, 6.45) is 2.62. The Kier molecular flexibility index (Phi) is 10.3. The van der Waals surface area contributed by atoms with E-state index >= 15 is 0 Å². The summed E-state index contributed by atoms with van der Waals surface area (Å²) in [7, 11) is 0. The number of halogens is 2. The van der Waals surface area contributed by atoms with Crippen molar-refractivity contribution >= 4 is 43.7 Å². The molecule has 1 heterocycles. The molecule has 4 rings (SSSR count). The summed E-state index contributed by atoms with van der Waals surface area (Å²) in [5.74, 6) is 0.752. The molecule has 204 valence electrons. The number of aliphatic hydroxyl groups excluding tert-OH is 1. The molecule has 0 saturated heterocycles. The average Bonchev–Trinajstić information content (AvgIpc) is 3.33. The second-order valence-corrected chi connectivity index (χ2v) is 10.9. The minimum atomic E-state index is -1.26. The fraction of sp³-hybridized carbons (Fsp3) is 0.267. The van der Waals surface area contributed by atoms with Gasteiger partial charge in [0.2, 0.25) is 5.90 Å². The van der Waals surface area contributed by atoms with Gasteiger partial charge in [-0.05, 0) is 66.1 Å². The standard InChI is InChI=1S/C30H31Br2N3O4/c1-2-17-30(29(37)35-33-18-16-21-4-10-24(31)11-5-21)27(22-6-12-25(32)13-7-22)39-28(34-30)23-8-14-26(15-9-23)38-20-3-19-36/h2,4-15,27,33,36H,1,3,16-20H2,(H,35,37)/t27-,30-/m0/s1. The van der Waals surface area contributed by atoms with Crippen molar-refractivity contribution in [2.45, 2.75) is 30.9 Å². The Labute approximate surface area is 245 Å². The minimum absolute atomic E-state index is 0.0761. The van der Waals surface area contributed by atoms with Crippen LogP contribution in [0.5, 0.6) is 5.75 Å². The van der Waals surface area contributed by atoms with Crippen LogP contribution in [0.2, 0.25) is 0 Å². The van der Waals surface area contributed by atoms with Crippen molar-refractivity contribution in [1.29, 1.82) is 0 Å². The predicted molar refractivity (Wildman–Crippen MR) is 160 cm³/mol. The van der Waals surface area contributed by atoms with Gasteiger partial charge in [-0.15, -0.1) is 6.58 Å². The molecule has 1 amide bonds. The molecule has 0 unspecified atom stereocenters. The molecule has 3 aromatic carbocycles. The van der Waals surface area contributed by atoms with Gasteiger partial charge >= 0.3 is 0 Å². The van der Waals surface area contributed by atoms with Crippen molar-refractivity contribution in [2.24, 2.45) is 4.99 Å². The maximum atomic E-state index is 13.8. The number of benzene rings is 3. The lowest BCUT2D eigenvalue weighted by molar-refractivity contribution is -0.129. The smallest absolute Gasteiger partial charge is 0.266 e. The lowest BCUT2D eigenvalue weighted by Gasteiger charge is -2.29. The molecule has 0 aliphatic carbocycles. The van der Waals surface area contributed by atoms with Gasteiger partial charge in [0, 0.05) is 40.5 Å². The number of carbonyl (C=O) groups is 1. The Morgan fingerprint density at radius 3 is 2.36 bits per heavy atom. The van der Waals surface area contributed by atoms with Crippen LogP contribution in [0, 0.1) is 0 Å². The van der Waals surface area contributed by atoms with Crippen molar-refractivity contribution in [3.8, 4) is 5.75 Å². The molecule has 3 N–H and O–H groups in total. The van der Waals surface area contributed by atoms with Crippen LogP contribution < -0.4 is 15.6 Å². The van der Waals surface area contributed by atoms with Crippen molar-refractivity contribution in [2.75, 3.05) is 19.8 Å². The van der Waals surface area contributed by atoms with Gasteiger partial charge in [-0.2, -0.15) is 0 Å². The van der Waals surface area contributed by atoms with Crippen LogP contribution in [-0.4, -0.2) is 42.2 Å². The minimum Gasteiger partial charge on any atom is -0.494 e. The van der Waals surface area contributed by atoms with Crippen LogP contribution in [0.4, 0.5) is 0 Å². The van der Waals surface area contributed by atoms with E-state index in [1.54, 1.807) is 6.08 Å². The third kappa shape index (κ3) is 7.36. The zero-order valence-corrected chi connectivity index (χ0v) is 24.6. The fourth-order valence-electron chi connectivity index (χ4n) is 4.28. The Bertz CT molecular complexity index is 1280. The first-order valence-electron chi connectivity index (χ1n) is 12.7. The van der Waals surface area contributed by atoms with E-state index in [1.165, 1.54) is 0 Å². The number of hydrogen-bond acceptors (Lipinski definition) is 6. The van der Waals surface area contributed by atoms with Gasteiger partial charge in [-0.25, -0.2) is 10.4 Å². The zero-order chi connectivity index (χ0) is 27.7. The van der Waals surface area contributed by atoms with Crippen LogP contribution in [-0.2, 0) is 16.0 Å². The molecule has 0 fully saturated rings. The second kappa shape index (κ2) is 13.9. The first-order chi connectivity index (χ1) is 18.9. The Morgan fingerprint density at radius 1 is 1.05 bits per heavy atom. The van der Waals surface area contributed by atoms with Gasteiger partial charge in [-0.3, -0.25) is 10.2 Å². The summed E-state index contributed by atoms with van der Waals surface area (Å²) >= 11 is 6.93. The first kappa shape index (κ1) is 29.0. The summed E-state index contributed by atoms with van der Waals surface area (Å²) in [4.78, 5) is 18.7. The van der Waals surface area contributed by atoms with E-state index < -0.39 is 11.6 Å². The van der Waals surface area contributed by atoms with Crippen LogP contribution in [0.25, 0.3) is 0 Å². The quantitative estimate of drug-likeness (QED) is 0.125. The number of hydrazine groups is 1. The molecule has 2 atom stereocenters. The van der Waals surface area contributed by atoms with Gasteiger partial charge in [0.1, 0.15) is 5.75 Å². The Hall–Kier alpha value is -2.98. The molecule has 1 aliphatic heterocycles. The van der Waals surface area contributed by atoms with Crippen molar-refractivity contribution in [3.05, 3.63) is 111 Å². The van der Waals surface area contributed by atoms with E-state index in [1.807, 2.05) is 72.8 Å². The number of aliphatic imine (C=N–C) groups is 1. The summed E-state index contributed by atoms with van der Waals surface area (Å²) in [5, 5.41) is 8.97. The van der Waals surface area contributed by atoms with Gasteiger partial charge in [-0.1, -0.05) is 62.2 Å². The highest BCUT2D eigenvalue weighted by Crippen LogP contribution is 2.43. The van der Waals surface area contributed by atoms with E-state index in [2.05, 4.69) is 49.3 Å². The van der Waals surface area contributed by atoms with Gasteiger partial charge < -0.3 is 14.6 Å². The van der Waals surface area contributed by atoms with Gasteiger partial charge in [0.05, 0.1) is 6.61 Å². The Morgan fingerprint density at radius 2 is 1.72 bits per heavy atom. The largest absolute Gasteiger partial charge is 0.494 e.